The van der Waals surface area contributed by atoms with Crippen LogP contribution in [-0.4, -0.2) is 73.3 Å². The number of methoxy groups -OCH3 is 3. The Morgan fingerprint density at radius 3 is 2.38 bits per heavy atom. The molecule has 16 heavy (non-hydrogen) atoms. The minimum Gasteiger partial charge on any atom is -0.382 e. The molecular weight excluding hydrogens is 211 g/mol. The van der Waals surface area contributed by atoms with Gasteiger partial charge in [-0.25, -0.2) is 0 Å². The minimum atomic E-state index is -0.0770. The van der Waals surface area contributed by atoms with Crippen LogP contribution in [0.25, 0.3) is 0 Å². The maximum absolute atomic E-state index is 5.73. The lowest BCUT2D eigenvalue weighted by atomic mass is 9.93. The maximum Gasteiger partial charge on any atom is 0.142 e. The molecule has 6 heteroatoms. The van der Waals surface area contributed by atoms with Crippen molar-refractivity contribution in [3.63, 3.8) is 0 Å². The molecule has 1 rings (SSSR count). The largest absolute Gasteiger partial charge is 0.382 e. The van der Waals surface area contributed by atoms with Crippen molar-refractivity contribution in [2.45, 2.75) is 24.3 Å². The number of ether oxygens (including phenoxy) is 5. The van der Waals surface area contributed by atoms with Gasteiger partial charge in [-0.2, -0.15) is 0 Å². The van der Waals surface area contributed by atoms with Gasteiger partial charge >= 0.3 is 0 Å². The maximum atomic E-state index is 5.73. The Balaban J connectivity index is 2.46. The molecule has 0 aliphatic carbocycles. The Hall–Kier alpha value is -0.135. The van der Waals surface area contributed by atoms with Gasteiger partial charge in [0, 0.05) is 21.3 Å². The number of rotatable bonds is 7. The second-order valence-corrected chi connectivity index (χ2v) is 3.86. The zero-order valence-electron chi connectivity index (χ0n) is 10.5. The van der Waals surface area contributed by atoms with Crippen LogP contribution in [0.2, 0.25) is 0 Å². The summed E-state index contributed by atoms with van der Waals surface area (Å²) in [4.78, 5) is 0. The summed E-state index contributed by atoms with van der Waals surface area (Å²) in [5.74, 6) is 0. The summed E-state index contributed by atoms with van der Waals surface area (Å²) in [6, 6.07) is 0.0157. The molecular formula is C10H21BO5. The van der Waals surface area contributed by atoms with Gasteiger partial charge in [0.25, 0.3) is 0 Å². The van der Waals surface area contributed by atoms with E-state index in [-0.39, 0.29) is 24.3 Å². The summed E-state index contributed by atoms with van der Waals surface area (Å²) in [6.07, 6.45) is -0.190. The highest BCUT2D eigenvalue weighted by Gasteiger charge is 2.43. The standard InChI is InChI=1S/C10H21BO5/c1-12-4-5-15-9-8(14-3)7(6-13-2)16-10(9)11/h7-10H,4-6,11H2,1-3H3/t7-,8?,9-,10-/m1/s1. The van der Waals surface area contributed by atoms with Gasteiger partial charge in [-0.15, -0.1) is 0 Å². The van der Waals surface area contributed by atoms with E-state index in [2.05, 4.69) is 0 Å². The van der Waals surface area contributed by atoms with Crippen LogP contribution in [0.15, 0.2) is 0 Å². The molecule has 1 aliphatic rings. The van der Waals surface area contributed by atoms with Crippen LogP contribution in [-0.2, 0) is 23.7 Å². The fourth-order valence-electron chi connectivity index (χ4n) is 1.99. The van der Waals surface area contributed by atoms with Crippen LogP contribution in [0.1, 0.15) is 0 Å². The second kappa shape index (κ2) is 7.24. The van der Waals surface area contributed by atoms with E-state index in [1.807, 2.05) is 7.85 Å². The fourth-order valence-corrected chi connectivity index (χ4v) is 1.99. The molecule has 1 fully saturated rings. The molecule has 1 heterocycles. The predicted octanol–water partition coefficient (Wildman–Crippen LogP) is -0.963. The zero-order chi connectivity index (χ0) is 12.0. The third kappa shape index (κ3) is 3.43. The molecule has 4 atom stereocenters. The van der Waals surface area contributed by atoms with Gasteiger partial charge < -0.3 is 23.7 Å². The lowest BCUT2D eigenvalue weighted by Crippen LogP contribution is -2.39. The van der Waals surface area contributed by atoms with Crippen LogP contribution in [0.5, 0.6) is 0 Å². The topological polar surface area (TPSA) is 46.2 Å². The van der Waals surface area contributed by atoms with Crippen molar-refractivity contribution in [3.05, 3.63) is 0 Å². The van der Waals surface area contributed by atoms with E-state index in [0.29, 0.717) is 19.8 Å². The van der Waals surface area contributed by atoms with Gasteiger partial charge in [0.1, 0.15) is 26.2 Å². The van der Waals surface area contributed by atoms with Crippen LogP contribution in [0.4, 0.5) is 0 Å². The van der Waals surface area contributed by atoms with Crippen molar-refractivity contribution in [2.75, 3.05) is 41.2 Å². The van der Waals surface area contributed by atoms with E-state index in [0.717, 1.165) is 0 Å². The number of hydrogen-bond donors (Lipinski definition) is 0. The highest BCUT2D eigenvalue weighted by molar-refractivity contribution is 6.11. The monoisotopic (exact) mass is 232 g/mol. The molecule has 0 N–H and O–H groups in total. The summed E-state index contributed by atoms with van der Waals surface area (Å²) in [5, 5.41) is 0. The summed E-state index contributed by atoms with van der Waals surface area (Å²) >= 11 is 0. The van der Waals surface area contributed by atoms with Crippen LogP contribution in [0, 0.1) is 0 Å². The third-order valence-electron chi connectivity index (χ3n) is 2.74. The van der Waals surface area contributed by atoms with E-state index >= 15 is 0 Å². The normalized spacial score (nSPS) is 34.4. The average molecular weight is 232 g/mol. The molecule has 0 aromatic rings. The Morgan fingerprint density at radius 1 is 1.06 bits per heavy atom. The van der Waals surface area contributed by atoms with Gasteiger partial charge in [-0.05, 0) is 0 Å². The fraction of sp³-hybridized carbons (Fsp3) is 1.00. The zero-order valence-corrected chi connectivity index (χ0v) is 10.5. The van der Waals surface area contributed by atoms with Crippen LogP contribution < -0.4 is 0 Å². The van der Waals surface area contributed by atoms with Crippen LogP contribution in [0.3, 0.4) is 0 Å². The molecule has 0 aromatic heterocycles. The van der Waals surface area contributed by atoms with E-state index in [1.165, 1.54) is 0 Å². The summed E-state index contributed by atoms with van der Waals surface area (Å²) < 4.78 is 26.9. The van der Waals surface area contributed by atoms with Crippen molar-refractivity contribution in [1.82, 2.24) is 0 Å². The minimum absolute atomic E-state index is 0.0157. The van der Waals surface area contributed by atoms with E-state index in [4.69, 9.17) is 23.7 Å². The molecule has 0 radical (unpaired) electrons. The molecule has 0 aromatic carbocycles. The molecule has 1 aliphatic heterocycles. The molecule has 1 saturated heterocycles. The average Bonchev–Trinajstić information content (AvgIpc) is 2.56. The predicted molar refractivity (Wildman–Crippen MR) is 61.5 cm³/mol. The van der Waals surface area contributed by atoms with Gasteiger partial charge in [0.2, 0.25) is 0 Å². The Labute approximate surface area is 97.7 Å². The second-order valence-electron chi connectivity index (χ2n) is 3.86. The summed E-state index contributed by atoms with van der Waals surface area (Å²) in [6.45, 7) is 1.65. The highest BCUT2D eigenvalue weighted by Crippen LogP contribution is 2.24. The Bertz CT molecular complexity index is 192. The quantitative estimate of drug-likeness (QED) is 0.418. The molecule has 0 amide bonds. The SMILES string of the molecule is B[C@@H]1O[C@H](COC)C(OC)[C@H]1OCCOC. The van der Waals surface area contributed by atoms with Crippen molar-refractivity contribution >= 4 is 7.85 Å². The van der Waals surface area contributed by atoms with E-state index in [1.54, 1.807) is 21.3 Å². The Morgan fingerprint density at radius 2 is 1.81 bits per heavy atom. The van der Waals surface area contributed by atoms with E-state index in [9.17, 15) is 0 Å². The van der Waals surface area contributed by atoms with Crippen LogP contribution >= 0.6 is 0 Å². The molecule has 0 saturated carbocycles. The first-order valence-corrected chi connectivity index (χ1v) is 5.52. The van der Waals surface area contributed by atoms with Gasteiger partial charge in [0.05, 0.1) is 25.8 Å². The summed E-state index contributed by atoms with van der Waals surface area (Å²) in [5.41, 5.74) is 0. The highest BCUT2D eigenvalue weighted by atomic mass is 16.6. The smallest absolute Gasteiger partial charge is 0.142 e. The van der Waals surface area contributed by atoms with Crippen molar-refractivity contribution in [1.29, 1.82) is 0 Å². The summed E-state index contributed by atoms with van der Waals surface area (Å²) in [7, 11) is 6.96. The first kappa shape index (κ1) is 13.9. The Kier molecular flexibility index (Phi) is 6.30. The van der Waals surface area contributed by atoms with Crippen molar-refractivity contribution in [3.8, 4) is 0 Å². The van der Waals surface area contributed by atoms with Gasteiger partial charge in [-0.1, -0.05) is 0 Å². The molecule has 1 unspecified atom stereocenters. The van der Waals surface area contributed by atoms with Crippen molar-refractivity contribution < 1.29 is 23.7 Å². The van der Waals surface area contributed by atoms with Crippen molar-refractivity contribution in [2.24, 2.45) is 0 Å². The third-order valence-corrected chi connectivity index (χ3v) is 2.74. The molecule has 94 valence electrons. The lowest BCUT2D eigenvalue weighted by Gasteiger charge is -2.22. The molecule has 5 nitrogen and oxygen atoms in total. The molecule has 0 spiro atoms. The van der Waals surface area contributed by atoms with Gasteiger partial charge in [0.15, 0.2) is 0 Å². The molecule has 0 bridgehead atoms. The first-order valence-electron chi connectivity index (χ1n) is 5.52. The lowest BCUT2D eigenvalue weighted by molar-refractivity contribution is -0.0629. The van der Waals surface area contributed by atoms with Gasteiger partial charge in [-0.3, -0.25) is 0 Å². The first-order chi connectivity index (χ1) is 7.74. The number of hydrogen-bond acceptors (Lipinski definition) is 5. The van der Waals surface area contributed by atoms with E-state index < -0.39 is 0 Å².